The number of aliphatic hydroxyl groups is 1. The molecule has 8 heteroatoms. The third-order valence-electron chi connectivity index (χ3n) is 8.54. The predicted octanol–water partition coefficient (Wildman–Crippen LogP) is 3.17. The molecule has 0 radical (unpaired) electrons. The first-order valence-electron chi connectivity index (χ1n) is 13.2. The Kier molecular flexibility index (Phi) is 7.50. The van der Waals surface area contributed by atoms with E-state index in [1.807, 2.05) is 27.7 Å². The summed E-state index contributed by atoms with van der Waals surface area (Å²) in [6.45, 7) is 21.9. The molecule has 0 aromatic carbocycles. The Balaban J connectivity index is 2.17. The number of hydrogen-bond acceptors (Lipinski definition) is 6. The van der Waals surface area contributed by atoms with Crippen LogP contribution in [0.2, 0.25) is 0 Å². The second-order valence-electron chi connectivity index (χ2n) is 13.0. The number of likely N-dealkylation sites (tertiary alicyclic amines) is 1. The van der Waals surface area contributed by atoms with Gasteiger partial charge in [0.1, 0.15) is 17.6 Å². The van der Waals surface area contributed by atoms with Crippen LogP contribution in [0, 0.1) is 23.2 Å². The zero-order valence-corrected chi connectivity index (χ0v) is 23.6. The van der Waals surface area contributed by atoms with Crippen molar-refractivity contribution in [2.24, 2.45) is 23.2 Å². The highest BCUT2D eigenvalue weighted by Crippen LogP contribution is 2.65. The van der Waals surface area contributed by atoms with Crippen molar-refractivity contribution in [3.8, 4) is 0 Å². The Morgan fingerprint density at radius 2 is 1.94 bits per heavy atom. The molecule has 3 unspecified atom stereocenters. The number of ether oxygens (including phenoxy) is 2. The van der Waals surface area contributed by atoms with Gasteiger partial charge in [0.05, 0.1) is 30.8 Å². The number of amides is 2. The second kappa shape index (κ2) is 9.43. The summed E-state index contributed by atoms with van der Waals surface area (Å²) in [6, 6.07) is -1.57. The third-order valence-corrected chi connectivity index (χ3v) is 8.54. The van der Waals surface area contributed by atoms with Crippen LogP contribution >= 0.6 is 0 Å². The van der Waals surface area contributed by atoms with Gasteiger partial charge in [-0.3, -0.25) is 14.4 Å². The topological polar surface area (TPSA) is 96.4 Å². The number of esters is 1. The monoisotopic (exact) mass is 506 g/mol. The van der Waals surface area contributed by atoms with E-state index in [1.165, 1.54) is 4.90 Å². The number of nitrogens with zero attached hydrogens (tertiary/aromatic N) is 2. The lowest BCUT2D eigenvalue weighted by Gasteiger charge is -2.46. The number of fused-ring (bicyclic) bond motifs is 1. The van der Waals surface area contributed by atoms with Gasteiger partial charge in [-0.25, -0.2) is 0 Å². The predicted molar refractivity (Wildman–Crippen MR) is 137 cm³/mol. The normalized spacial score (nSPS) is 34.5. The van der Waals surface area contributed by atoms with Crippen LogP contribution in [0.25, 0.3) is 0 Å². The third kappa shape index (κ3) is 4.28. The molecule has 0 aromatic heterocycles. The average molecular weight is 507 g/mol. The zero-order chi connectivity index (χ0) is 27.4. The minimum Gasteiger partial charge on any atom is -0.466 e. The van der Waals surface area contributed by atoms with Gasteiger partial charge in [0.2, 0.25) is 11.8 Å². The first-order valence-corrected chi connectivity index (χ1v) is 13.2. The maximum atomic E-state index is 14.6. The Hall–Kier alpha value is -1.93. The molecule has 3 aliphatic heterocycles. The van der Waals surface area contributed by atoms with E-state index in [2.05, 4.69) is 27.4 Å². The number of rotatable bonds is 9. The molecule has 0 aliphatic carbocycles. The largest absolute Gasteiger partial charge is 0.466 e. The zero-order valence-electron chi connectivity index (χ0n) is 23.6. The molecule has 1 spiro atoms. The molecule has 204 valence electrons. The van der Waals surface area contributed by atoms with Gasteiger partial charge in [0.25, 0.3) is 0 Å². The van der Waals surface area contributed by atoms with E-state index >= 15 is 0 Å². The molecule has 8 nitrogen and oxygen atoms in total. The lowest BCUT2D eigenvalue weighted by Crippen LogP contribution is -2.62. The molecule has 1 N–H and O–H groups in total. The number of aliphatic hydroxyl groups excluding tert-OH is 1. The Morgan fingerprint density at radius 1 is 1.33 bits per heavy atom. The van der Waals surface area contributed by atoms with Gasteiger partial charge >= 0.3 is 5.97 Å². The van der Waals surface area contributed by atoms with Crippen LogP contribution in [0.5, 0.6) is 0 Å². The average Bonchev–Trinajstić information content (AvgIpc) is 3.26. The van der Waals surface area contributed by atoms with Gasteiger partial charge in [0.15, 0.2) is 0 Å². The maximum absolute atomic E-state index is 14.6. The fourth-order valence-corrected chi connectivity index (χ4v) is 7.41. The fraction of sp³-hybridized carbons (Fsp3) is 0.821. The number of carbonyl (C=O) groups excluding carboxylic acids is 3. The molecule has 36 heavy (non-hydrogen) atoms. The quantitative estimate of drug-likeness (QED) is 0.381. The van der Waals surface area contributed by atoms with Crippen LogP contribution in [0.4, 0.5) is 0 Å². The Morgan fingerprint density at radius 3 is 2.44 bits per heavy atom. The summed E-state index contributed by atoms with van der Waals surface area (Å²) in [5, 5.41) is 10.1. The van der Waals surface area contributed by atoms with Crippen molar-refractivity contribution in [1.82, 2.24) is 9.80 Å². The van der Waals surface area contributed by atoms with Crippen molar-refractivity contribution < 1.29 is 29.0 Å². The van der Waals surface area contributed by atoms with Crippen molar-refractivity contribution in [3.05, 3.63) is 12.7 Å². The van der Waals surface area contributed by atoms with E-state index in [1.54, 1.807) is 24.8 Å². The van der Waals surface area contributed by atoms with Crippen molar-refractivity contribution in [2.45, 2.75) is 104 Å². The van der Waals surface area contributed by atoms with Crippen molar-refractivity contribution >= 4 is 17.8 Å². The second-order valence-corrected chi connectivity index (χ2v) is 13.0. The van der Waals surface area contributed by atoms with E-state index in [4.69, 9.17) is 9.47 Å². The molecule has 7 atom stereocenters. The molecule has 3 aliphatic rings. The molecule has 3 saturated heterocycles. The van der Waals surface area contributed by atoms with Crippen LogP contribution in [0.15, 0.2) is 12.7 Å². The molecular weight excluding hydrogens is 460 g/mol. The van der Waals surface area contributed by atoms with E-state index in [9.17, 15) is 19.5 Å². The van der Waals surface area contributed by atoms with Crippen LogP contribution in [-0.4, -0.2) is 81.3 Å². The highest BCUT2D eigenvalue weighted by atomic mass is 16.6. The molecule has 3 rings (SSSR count). The first-order chi connectivity index (χ1) is 16.5. The van der Waals surface area contributed by atoms with E-state index in [0.29, 0.717) is 13.0 Å². The summed E-state index contributed by atoms with van der Waals surface area (Å²) in [7, 11) is 0. The van der Waals surface area contributed by atoms with E-state index in [-0.39, 0.29) is 36.4 Å². The standard InChI is InChI=1S/C28H46N2O6/c1-11-13-29(26(8,9)16-25(5,6)7)23(33)21-28-14-17(3)27(10,36-28)20(24(34)35-12-2)19(28)22(32)30(21)18(4)15-31/h11,17-21,31H,1,12-16H2,2-10H3/t17?,18-,19+,20+,21?,27-,28?/m1/s1. The van der Waals surface area contributed by atoms with Gasteiger partial charge < -0.3 is 24.4 Å². The highest BCUT2D eigenvalue weighted by Gasteiger charge is 2.80. The summed E-state index contributed by atoms with van der Waals surface area (Å²) in [5.74, 6) is -2.73. The summed E-state index contributed by atoms with van der Waals surface area (Å²) < 4.78 is 12.1. The summed E-state index contributed by atoms with van der Waals surface area (Å²) in [6.07, 6.45) is 2.90. The molecule has 0 saturated carbocycles. The minimum atomic E-state index is -1.17. The molecule has 2 bridgehead atoms. The Labute approximate surface area is 216 Å². The van der Waals surface area contributed by atoms with Gasteiger partial charge in [0, 0.05) is 12.1 Å². The lowest BCUT2D eigenvalue weighted by molar-refractivity contribution is -0.164. The van der Waals surface area contributed by atoms with Crippen molar-refractivity contribution in [1.29, 1.82) is 0 Å². The van der Waals surface area contributed by atoms with Gasteiger partial charge in [-0.2, -0.15) is 0 Å². The van der Waals surface area contributed by atoms with E-state index < -0.39 is 46.6 Å². The summed E-state index contributed by atoms with van der Waals surface area (Å²) in [4.78, 5) is 45.1. The van der Waals surface area contributed by atoms with Gasteiger partial charge in [-0.1, -0.05) is 33.8 Å². The minimum absolute atomic E-state index is 0.0487. The van der Waals surface area contributed by atoms with Crippen LogP contribution < -0.4 is 0 Å². The van der Waals surface area contributed by atoms with Gasteiger partial charge in [-0.15, -0.1) is 6.58 Å². The molecule has 3 heterocycles. The summed E-state index contributed by atoms with van der Waals surface area (Å²) in [5.41, 5.74) is -2.67. The SMILES string of the molecule is C=CCN(C(=O)C1N([C@H](C)CO)C(=O)[C@@H]2[C@@H](C(=O)OCC)[C@]3(C)OC12CC3C)C(C)(C)CC(C)(C)C. The highest BCUT2D eigenvalue weighted by molar-refractivity contribution is 5.99. The molecule has 2 amide bonds. The maximum Gasteiger partial charge on any atom is 0.312 e. The van der Waals surface area contributed by atoms with Crippen LogP contribution in [-0.2, 0) is 23.9 Å². The summed E-state index contributed by atoms with van der Waals surface area (Å²) >= 11 is 0. The van der Waals surface area contributed by atoms with Gasteiger partial charge in [-0.05, 0) is 58.8 Å². The lowest BCUT2D eigenvalue weighted by atomic mass is 9.62. The van der Waals surface area contributed by atoms with Crippen molar-refractivity contribution in [2.75, 3.05) is 19.8 Å². The number of hydrogen-bond donors (Lipinski definition) is 1. The van der Waals surface area contributed by atoms with Crippen LogP contribution in [0.3, 0.4) is 0 Å². The Bertz CT molecular complexity index is 910. The van der Waals surface area contributed by atoms with E-state index in [0.717, 1.165) is 6.42 Å². The fourth-order valence-electron chi connectivity index (χ4n) is 7.41. The van der Waals surface area contributed by atoms with Crippen LogP contribution in [0.1, 0.15) is 75.2 Å². The first kappa shape index (κ1) is 28.6. The smallest absolute Gasteiger partial charge is 0.312 e. The molecular formula is C28H46N2O6. The molecule has 0 aromatic rings. The number of carbonyl (C=O) groups is 3. The molecule has 3 fully saturated rings. The van der Waals surface area contributed by atoms with Crippen molar-refractivity contribution in [3.63, 3.8) is 0 Å².